The zero-order valence-electron chi connectivity index (χ0n) is 20.8. The van der Waals surface area contributed by atoms with Gasteiger partial charge in [-0.25, -0.2) is 9.18 Å². The molecule has 2 aliphatic rings. The molecule has 2 aromatic carbocycles. The molecule has 2 N–H and O–H groups in total. The van der Waals surface area contributed by atoms with Gasteiger partial charge in [-0.1, -0.05) is 32.4 Å². The second kappa shape index (κ2) is 10.5. The van der Waals surface area contributed by atoms with E-state index in [1.807, 2.05) is 26.0 Å². The molecule has 1 aliphatic carbocycles. The molecule has 1 fully saturated rings. The maximum atomic E-state index is 13.7. The maximum absolute atomic E-state index is 13.7. The molecule has 188 valence electrons. The smallest absolute Gasteiger partial charge is 0.318 e. The monoisotopic (exact) mass is 483 g/mol. The molecular weight excluding hydrogens is 449 g/mol. The molecule has 0 spiro atoms. The van der Waals surface area contributed by atoms with Crippen LogP contribution in [0.2, 0.25) is 0 Å². The van der Waals surface area contributed by atoms with Gasteiger partial charge in [0.25, 0.3) is 0 Å². The summed E-state index contributed by atoms with van der Waals surface area (Å²) < 4.78 is 24.8. The molecule has 7 nitrogen and oxygen atoms in total. The summed E-state index contributed by atoms with van der Waals surface area (Å²) in [5.74, 6) is 0.667. The molecule has 0 radical (unpaired) electrons. The number of carbonyl (C=O) groups excluding carboxylic acids is 2. The van der Waals surface area contributed by atoms with Crippen LogP contribution in [0.15, 0.2) is 36.4 Å². The Labute approximate surface area is 206 Å². The third-order valence-corrected chi connectivity index (χ3v) is 7.02. The van der Waals surface area contributed by atoms with Crippen LogP contribution in [0.4, 0.5) is 9.18 Å². The van der Waals surface area contributed by atoms with Crippen molar-refractivity contribution in [2.75, 3.05) is 20.8 Å². The van der Waals surface area contributed by atoms with Crippen LogP contribution < -0.4 is 20.1 Å². The van der Waals surface area contributed by atoms with E-state index in [-0.39, 0.29) is 29.7 Å². The first-order valence-electron chi connectivity index (χ1n) is 12.2. The standard InChI is InChI=1S/C27H34FN3O4/c1-5-16(2)24(26(32)29-20-10-11-20)30-27(33)31-13-12-18-14-22(34-3)23(35-4)15-21(18)25(31)17-6-8-19(28)9-7-17/h6-9,14-16,20,24-25H,5,10-13H2,1-4H3,(H,29,32)(H,30,33)/t16-,24-,25-/m0/s1. The van der Waals surface area contributed by atoms with E-state index in [2.05, 4.69) is 10.6 Å². The quantitative estimate of drug-likeness (QED) is 0.590. The Bertz CT molecular complexity index is 1070. The largest absolute Gasteiger partial charge is 0.493 e. The Morgan fingerprint density at radius 2 is 1.77 bits per heavy atom. The van der Waals surface area contributed by atoms with Gasteiger partial charge in [-0.2, -0.15) is 0 Å². The number of amides is 3. The van der Waals surface area contributed by atoms with E-state index in [1.54, 1.807) is 31.3 Å². The van der Waals surface area contributed by atoms with Gasteiger partial charge in [0, 0.05) is 12.6 Å². The second-order valence-corrected chi connectivity index (χ2v) is 9.40. The van der Waals surface area contributed by atoms with E-state index in [9.17, 15) is 14.0 Å². The van der Waals surface area contributed by atoms with E-state index in [0.717, 1.165) is 36.0 Å². The number of halogens is 1. The fourth-order valence-electron chi connectivity index (χ4n) is 4.61. The van der Waals surface area contributed by atoms with Crippen LogP contribution in [0.5, 0.6) is 11.5 Å². The molecule has 35 heavy (non-hydrogen) atoms. The predicted molar refractivity (Wildman–Crippen MR) is 131 cm³/mol. The van der Waals surface area contributed by atoms with Crippen LogP contribution in [-0.4, -0.2) is 49.7 Å². The molecule has 1 heterocycles. The van der Waals surface area contributed by atoms with Gasteiger partial charge in [0.05, 0.1) is 20.3 Å². The summed E-state index contributed by atoms with van der Waals surface area (Å²) in [6.45, 7) is 4.41. The number of benzene rings is 2. The highest BCUT2D eigenvalue weighted by molar-refractivity contribution is 5.88. The first-order chi connectivity index (χ1) is 16.9. The molecule has 3 atom stereocenters. The molecule has 0 saturated heterocycles. The van der Waals surface area contributed by atoms with Gasteiger partial charge < -0.3 is 25.0 Å². The minimum atomic E-state index is -0.631. The highest BCUT2D eigenvalue weighted by Gasteiger charge is 2.37. The first kappa shape index (κ1) is 24.8. The summed E-state index contributed by atoms with van der Waals surface area (Å²) >= 11 is 0. The fraction of sp³-hybridized carbons (Fsp3) is 0.481. The number of nitrogens with one attached hydrogen (secondary N) is 2. The maximum Gasteiger partial charge on any atom is 0.318 e. The van der Waals surface area contributed by atoms with Crippen LogP contribution >= 0.6 is 0 Å². The summed E-state index contributed by atoms with van der Waals surface area (Å²) in [7, 11) is 3.16. The second-order valence-electron chi connectivity index (χ2n) is 9.40. The van der Waals surface area contributed by atoms with Gasteiger partial charge in [0.15, 0.2) is 11.5 Å². The third kappa shape index (κ3) is 5.36. The summed E-state index contributed by atoms with van der Waals surface area (Å²) in [6.07, 6.45) is 3.33. The number of fused-ring (bicyclic) bond motifs is 1. The molecule has 0 aromatic heterocycles. The molecule has 8 heteroatoms. The highest BCUT2D eigenvalue weighted by Crippen LogP contribution is 2.41. The minimum absolute atomic E-state index is 0.0246. The molecule has 1 aliphatic heterocycles. The van der Waals surface area contributed by atoms with Gasteiger partial charge in [-0.15, -0.1) is 0 Å². The fourth-order valence-corrected chi connectivity index (χ4v) is 4.61. The number of methoxy groups -OCH3 is 2. The van der Waals surface area contributed by atoms with Crippen molar-refractivity contribution in [1.82, 2.24) is 15.5 Å². The van der Waals surface area contributed by atoms with Crippen LogP contribution in [0.3, 0.4) is 0 Å². The lowest BCUT2D eigenvalue weighted by molar-refractivity contribution is -0.124. The number of nitrogens with zero attached hydrogens (tertiary/aromatic N) is 1. The molecule has 0 unspecified atom stereocenters. The Balaban J connectivity index is 1.69. The summed E-state index contributed by atoms with van der Waals surface area (Å²) in [5.41, 5.74) is 2.70. The average Bonchev–Trinajstić information content (AvgIpc) is 3.69. The SMILES string of the molecule is CC[C@H](C)[C@H](NC(=O)N1CCc2cc(OC)c(OC)cc2[C@@H]1c1ccc(F)cc1)C(=O)NC1CC1. The Hall–Kier alpha value is -3.29. The summed E-state index contributed by atoms with van der Waals surface area (Å²) in [6, 6.07) is 8.78. The van der Waals surface area contributed by atoms with E-state index < -0.39 is 12.1 Å². The number of hydrogen-bond donors (Lipinski definition) is 2. The van der Waals surface area contributed by atoms with Crippen LogP contribution in [0.1, 0.15) is 55.8 Å². The Morgan fingerprint density at radius 1 is 1.11 bits per heavy atom. The third-order valence-electron chi connectivity index (χ3n) is 7.02. The Kier molecular flexibility index (Phi) is 7.48. The van der Waals surface area contributed by atoms with Crippen LogP contribution in [0.25, 0.3) is 0 Å². The van der Waals surface area contributed by atoms with E-state index >= 15 is 0 Å². The van der Waals surface area contributed by atoms with Crippen molar-refractivity contribution in [2.45, 2.75) is 57.7 Å². The lowest BCUT2D eigenvalue weighted by atomic mass is 9.87. The van der Waals surface area contributed by atoms with E-state index in [4.69, 9.17) is 9.47 Å². The molecule has 1 saturated carbocycles. The Morgan fingerprint density at radius 3 is 2.37 bits per heavy atom. The number of ether oxygens (including phenoxy) is 2. The highest BCUT2D eigenvalue weighted by atomic mass is 19.1. The predicted octanol–water partition coefficient (Wildman–Crippen LogP) is 4.19. The molecule has 3 amide bonds. The summed E-state index contributed by atoms with van der Waals surface area (Å²) in [5, 5.41) is 6.03. The number of carbonyl (C=O) groups is 2. The van der Waals surface area contributed by atoms with Crippen molar-refractivity contribution >= 4 is 11.9 Å². The topological polar surface area (TPSA) is 79.9 Å². The van der Waals surface area contributed by atoms with Crippen molar-refractivity contribution in [3.8, 4) is 11.5 Å². The van der Waals surface area contributed by atoms with Crippen LogP contribution in [-0.2, 0) is 11.2 Å². The van der Waals surface area contributed by atoms with Crippen molar-refractivity contribution in [1.29, 1.82) is 0 Å². The van der Waals surface area contributed by atoms with Gasteiger partial charge >= 0.3 is 6.03 Å². The van der Waals surface area contributed by atoms with Crippen LogP contribution in [0, 0.1) is 11.7 Å². The van der Waals surface area contributed by atoms with Crippen molar-refractivity contribution in [3.05, 3.63) is 58.9 Å². The van der Waals surface area contributed by atoms with Crippen molar-refractivity contribution in [3.63, 3.8) is 0 Å². The zero-order valence-corrected chi connectivity index (χ0v) is 20.8. The number of rotatable bonds is 8. The zero-order chi connectivity index (χ0) is 25.1. The van der Waals surface area contributed by atoms with E-state index in [0.29, 0.717) is 24.5 Å². The van der Waals surface area contributed by atoms with Gasteiger partial charge in [0.1, 0.15) is 11.9 Å². The number of urea groups is 1. The normalized spacial score (nSPS) is 18.8. The van der Waals surface area contributed by atoms with Gasteiger partial charge in [-0.3, -0.25) is 4.79 Å². The minimum Gasteiger partial charge on any atom is -0.493 e. The average molecular weight is 484 g/mol. The van der Waals surface area contributed by atoms with Gasteiger partial charge in [0.2, 0.25) is 5.91 Å². The molecule has 2 aromatic rings. The molecule has 0 bridgehead atoms. The molecular formula is C27H34FN3O4. The lowest BCUT2D eigenvalue weighted by Gasteiger charge is -2.39. The van der Waals surface area contributed by atoms with E-state index in [1.165, 1.54) is 12.1 Å². The first-order valence-corrected chi connectivity index (χ1v) is 12.2. The summed E-state index contributed by atoms with van der Waals surface area (Å²) in [4.78, 5) is 28.3. The molecule has 4 rings (SSSR count). The van der Waals surface area contributed by atoms with Crippen molar-refractivity contribution < 1.29 is 23.5 Å². The van der Waals surface area contributed by atoms with Crippen molar-refractivity contribution in [2.24, 2.45) is 5.92 Å². The number of hydrogen-bond acceptors (Lipinski definition) is 4. The lowest BCUT2D eigenvalue weighted by Crippen LogP contribution is -2.55. The van der Waals surface area contributed by atoms with Gasteiger partial charge in [-0.05, 0) is 66.1 Å².